The van der Waals surface area contributed by atoms with Crippen LogP contribution in [0.4, 0.5) is 22.7 Å². The average Bonchev–Trinajstić information content (AvgIpc) is 3.72. The van der Waals surface area contributed by atoms with Crippen LogP contribution in [0, 0.1) is 0 Å². The molecule has 0 radical (unpaired) electrons. The normalized spacial score (nSPS) is 26.1. The molecule has 4 fully saturated rings. The largest absolute Gasteiger partial charge is 0.381 e. The molecule has 0 saturated carbocycles. The predicted octanol–water partition coefficient (Wildman–Crippen LogP) is 1.76. The Morgan fingerprint density at radius 3 is 1.63 bits per heavy atom. The van der Waals surface area contributed by atoms with Crippen LogP contribution < -0.4 is 21.3 Å². The topological polar surface area (TPSA) is 132 Å². The van der Waals surface area contributed by atoms with Crippen LogP contribution in [0.2, 0.25) is 0 Å². The van der Waals surface area contributed by atoms with Gasteiger partial charge in [-0.2, -0.15) is 0 Å². The zero-order chi connectivity index (χ0) is 23.8. The molecule has 0 spiro atoms. The second-order valence-electron chi connectivity index (χ2n) is 9.21. The summed E-state index contributed by atoms with van der Waals surface area (Å²) in [5.74, 6) is 0. The van der Waals surface area contributed by atoms with Crippen LogP contribution in [0.5, 0.6) is 0 Å². The predicted molar refractivity (Wildman–Crippen MR) is 131 cm³/mol. The lowest BCUT2D eigenvalue weighted by Crippen LogP contribution is -2.21. The number of hydrogen-bond acceptors (Lipinski definition) is 10. The monoisotopic (exact) mass is 502 g/mol. The van der Waals surface area contributed by atoms with E-state index in [0.717, 1.165) is 12.3 Å². The van der Waals surface area contributed by atoms with Gasteiger partial charge in [0.15, 0.2) is 0 Å². The van der Waals surface area contributed by atoms with Crippen molar-refractivity contribution in [1.82, 2.24) is 0 Å². The fraction of sp³-hybridized carbons (Fsp3) is 0.500. The Morgan fingerprint density at radius 1 is 0.657 bits per heavy atom. The molecular formula is C24H30N4O6S. The van der Waals surface area contributed by atoms with Gasteiger partial charge < -0.3 is 40.2 Å². The van der Waals surface area contributed by atoms with Gasteiger partial charge in [-0.3, -0.25) is 0 Å². The number of ether oxygens (including phenoxy) is 4. The van der Waals surface area contributed by atoms with Crippen LogP contribution in [-0.4, -0.2) is 85.4 Å². The second kappa shape index (κ2) is 9.47. The molecule has 6 rings (SSSR count). The highest BCUT2D eigenvalue weighted by Gasteiger charge is 2.32. The molecule has 4 unspecified atom stereocenters. The van der Waals surface area contributed by atoms with E-state index in [9.17, 15) is 8.42 Å². The first-order valence-electron chi connectivity index (χ1n) is 12.0. The molecule has 10 nitrogen and oxygen atoms in total. The quantitative estimate of drug-likeness (QED) is 0.283. The zero-order valence-corrected chi connectivity index (χ0v) is 20.1. The van der Waals surface area contributed by atoms with Crippen molar-refractivity contribution in [2.45, 2.75) is 34.2 Å². The summed E-state index contributed by atoms with van der Waals surface area (Å²) in [6.45, 7) is 5.07. The molecule has 0 amide bonds. The van der Waals surface area contributed by atoms with E-state index >= 15 is 0 Å². The number of sulfone groups is 1. The van der Waals surface area contributed by atoms with Crippen molar-refractivity contribution in [3.63, 3.8) is 0 Å². The molecule has 4 atom stereocenters. The Morgan fingerprint density at radius 2 is 1.11 bits per heavy atom. The summed E-state index contributed by atoms with van der Waals surface area (Å²) >= 11 is 0. The van der Waals surface area contributed by atoms with Crippen LogP contribution >= 0.6 is 0 Å². The first-order chi connectivity index (χ1) is 17.1. The molecule has 2 aromatic rings. The van der Waals surface area contributed by atoms with Crippen LogP contribution in [0.1, 0.15) is 0 Å². The zero-order valence-electron chi connectivity index (χ0n) is 19.3. The van der Waals surface area contributed by atoms with E-state index in [1.54, 1.807) is 36.4 Å². The number of anilines is 4. The molecule has 188 valence electrons. The highest BCUT2D eigenvalue weighted by Crippen LogP contribution is 2.45. The average molecular weight is 503 g/mol. The highest BCUT2D eigenvalue weighted by molar-refractivity contribution is 7.91. The first-order valence-corrected chi connectivity index (χ1v) is 13.5. The smallest absolute Gasteiger partial charge is 0.208 e. The third-order valence-electron chi connectivity index (χ3n) is 6.28. The second-order valence-corrected chi connectivity index (χ2v) is 11.1. The maximum absolute atomic E-state index is 13.9. The molecule has 0 aliphatic carbocycles. The van der Waals surface area contributed by atoms with Crippen molar-refractivity contribution >= 4 is 32.6 Å². The van der Waals surface area contributed by atoms with E-state index < -0.39 is 9.84 Å². The number of rotatable bonds is 14. The van der Waals surface area contributed by atoms with Gasteiger partial charge in [-0.1, -0.05) is 18.2 Å². The molecule has 4 aliphatic rings. The van der Waals surface area contributed by atoms with E-state index in [1.165, 1.54) is 0 Å². The summed E-state index contributed by atoms with van der Waals surface area (Å²) in [6.07, 6.45) is 0.464. The molecule has 4 N–H and O–H groups in total. The summed E-state index contributed by atoms with van der Waals surface area (Å²) in [7, 11) is -3.82. The van der Waals surface area contributed by atoms with Crippen molar-refractivity contribution in [3.8, 4) is 0 Å². The van der Waals surface area contributed by atoms with Gasteiger partial charge in [0.05, 0.1) is 83.4 Å². The molecule has 4 heterocycles. The minimum atomic E-state index is -3.82. The minimum Gasteiger partial charge on any atom is -0.381 e. The summed E-state index contributed by atoms with van der Waals surface area (Å²) in [6, 6.07) is 10.2. The molecule has 4 saturated heterocycles. The molecule has 0 aromatic heterocycles. The molecule has 2 aromatic carbocycles. The van der Waals surface area contributed by atoms with Crippen molar-refractivity contribution in [2.24, 2.45) is 0 Å². The van der Waals surface area contributed by atoms with Gasteiger partial charge in [0.25, 0.3) is 0 Å². The molecular weight excluding hydrogens is 472 g/mol. The fourth-order valence-electron chi connectivity index (χ4n) is 3.89. The Hall–Kier alpha value is -2.57. The van der Waals surface area contributed by atoms with E-state index in [4.69, 9.17) is 18.9 Å². The van der Waals surface area contributed by atoms with Gasteiger partial charge in [0.1, 0.15) is 0 Å². The van der Waals surface area contributed by atoms with E-state index in [-0.39, 0.29) is 34.2 Å². The molecule has 35 heavy (non-hydrogen) atoms. The summed E-state index contributed by atoms with van der Waals surface area (Å²) in [5, 5.41) is 13.8. The summed E-state index contributed by atoms with van der Waals surface area (Å²) < 4.78 is 49.4. The van der Waals surface area contributed by atoms with E-state index in [2.05, 4.69) is 21.3 Å². The van der Waals surface area contributed by atoms with Gasteiger partial charge in [-0.25, -0.2) is 8.42 Å². The first kappa shape index (κ1) is 22.9. The Kier molecular flexibility index (Phi) is 6.19. The SMILES string of the molecule is O=S(=O)(c1ccccc1)c1cc(NCC2CO2)c(NCC2CO2)c(NCC2CO2)c1NCC1CO1. The highest BCUT2D eigenvalue weighted by atomic mass is 32.2. The lowest BCUT2D eigenvalue weighted by molar-refractivity contribution is 0.415. The number of hydrogen-bond donors (Lipinski definition) is 4. The van der Waals surface area contributed by atoms with Gasteiger partial charge in [-0.15, -0.1) is 0 Å². The minimum absolute atomic E-state index is 0.0722. The number of benzene rings is 2. The van der Waals surface area contributed by atoms with E-state index in [1.807, 2.05) is 0 Å². The lowest BCUT2D eigenvalue weighted by atomic mass is 10.1. The van der Waals surface area contributed by atoms with Crippen LogP contribution in [0.3, 0.4) is 0 Å². The van der Waals surface area contributed by atoms with Crippen LogP contribution in [0.15, 0.2) is 46.2 Å². The Bertz CT molecular complexity index is 1160. The number of epoxide rings is 4. The van der Waals surface area contributed by atoms with Crippen molar-refractivity contribution in [3.05, 3.63) is 36.4 Å². The Labute approximate surface area is 204 Å². The maximum Gasteiger partial charge on any atom is 0.208 e. The van der Waals surface area contributed by atoms with Crippen LogP contribution in [-0.2, 0) is 28.8 Å². The maximum atomic E-state index is 13.9. The van der Waals surface area contributed by atoms with Gasteiger partial charge in [-0.05, 0) is 18.2 Å². The fourth-order valence-corrected chi connectivity index (χ4v) is 5.37. The summed E-state index contributed by atoms with van der Waals surface area (Å²) in [5.41, 5.74) is 2.71. The molecule has 4 aliphatic heterocycles. The standard InChI is InChI=1S/C24H30N4O6S/c29-35(30,19-4-2-1-3-5-19)21-6-20(25-7-15-11-31-15)22(26-8-16-12-32-16)24(28-10-18-14-34-18)23(21)27-9-17-13-33-17/h1-6,15-18,25-28H,7-14H2. The van der Waals surface area contributed by atoms with Gasteiger partial charge in [0.2, 0.25) is 9.84 Å². The van der Waals surface area contributed by atoms with Gasteiger partial charge >= 0.3 is 0 Å². The lowest BCUT2D eigenvalue weighted by Gasteiger charge is -2.25. The Balaban J connectivity index is 1.45. The third kappa shape index (κ3) is 5.65. The van der Waals surface area contributed by atoms with Crippen molar-refractivity contribution in [1.29, 1.82) is 0 Å². The van der Waals surface area contributed by atoms with Gasteiger partial charge in [0, 0.05) is 26.2 Å². The molecule has 0 bridgehead atoms. The number of nitrogens with one attached hydrogen (secondary N) is 4. The van der Waals surface area contributed by atoms with Crippen molar-refractivity contribution in [2.75, 3.05) is 73.9 Å². The van der Waals surface area contributed by atoms with Crippen LogP contribution in [0.25, 0.3) is 0 Å². The van der Waals surface area contributed by atoms with Crippen molar-refractivity contribution < 1.29 is 27.4 Å². The molecule has 11 heteroatoms. The van der Waals surface area contributed by atoms with E-state index in [0.29, 0.717) is 63.1 Å². The third-order valence-corrected chi connectivity index (χ3v) is 8.08. The summed E-state index contributed by atoms with van der Waals surface area (Å²) in [4.78, 5) is 0.446.